The minimum Gasteiger partial charge on any atom is -0.493 e. The molecule has 0 saturated heterocycles. The standard InChI is InChI=1S/C17H18N2O6S/c1-12(2)25-17-15(19(20)21)9-13(10-16(17)24-3)11-18-26(22,23)14-7-5-4-6-8-14/h4-12H,1-3H3/b18-11-. The maximum atomic E-state index is 12.2. The Morgan fingerprint density at radius 1 is 1.19 bits per heavy atom. The van der Waals surface area contributed by atoms with E-state index in [1.54, 1.807) is 32.0 Å². The Morgan fingerprint density at radius 2 is 1.85 bits per heavy atom. The summed E-state index contributed by atoms with van der Waals surface area (Å²) >= 11 is 0. The summed E-state index contributed by atoms with van der Waals surface area (Å²) in [7, 11) is -2.57. The fourth-order valence-electron chi connectivity index (χ4n) is 2.11. The third-order valence-corrected chi connectivity index (χ3v) is 4.46. The van der Waals surface area contributed by atoms with E-state index < -0.39 is 14.9 Å². The topological polar surface area (TPSA) is 108 Å². The molecule has 0 aliphatic rings. The molecule has 0 unspecified atom stereocenters. The zero-order chi connectivity index (χ0) is 19.3. The van der Waals surface area contributed by atoms with Gasteiger partial charge >= 0.3 is 5.69 Å². The average molecular weight is 378 g/mol. The summed E-state index contributed by atoms with van der Waals surface area (Å²) in [5.74, 6) is 0.0991. The molecule has 0 aliphatic carbocycles. The molecule has 2 aromatic carbocycles. The second-order valence-electron chi connectivity index (χ2n) is 5.52. The van der Waals surface area contributed by atoms with Gasteiger partial charge in [-0.1, -0.05) is 18.2 Å². The molecule has 9 heteroatoms. The molecule has 0 fully saturated rings. The van der Waals surface area contributed by atoms with Crippen LogP contribution in [0.25, 0.3) is 0 Å². The summed E-state index contributed by atoms with van der Waals surface area (Å²) in [4.78, 5) is 10.8. The highest BCUT2D eigenvalue weighted by Gasteiger charge is 2.23. The Morgan fingerprint density at radius 3 is 2.38 bits per heavy atom. The summed E-state index contributed by atoms with van der Waals surface area (Å²) < 4.78 is 38.6. The van der Waals surface area contributed by atoms with Crippen molar-refractivity contribution in [3.8, 4) is 11.5 Å². The fourth-order valence-corrected chi connectivity index (χ4v) is 2.99. The number of benzene rings is 2. The van der Waals surface area contributed by atoms with Crippen molar-refractivity contribution in [2.24, 2.45) is 4.40 Å². The monoisotopic (exact) mass is 378 g/mol. The van der Waals surface area contributed by atoms with Crippen LogP contribution in [0.5, 0.6) is 11.5 Å². The number of nitrogens with zero attached hydrogens (tertiary/aromatic N) is 2. The molecule has 2 aromatic rings. The van der Waals surface area contributed by atoms with E-state index in [4.69, 9.17) is 9.47 Å². The first kappa shape index (κ1) is 19.4. The zero-order valence-corrected chi connectivity index (χ0v) is 15.3. The molecular weight excluding hydrogens is 360 g/mol. The smallest absolute Gasteiger partial charge is 0.315 e. The first-order valence-corrected chi connectivity index (χ1v) is 9.07. The predicted molar refractivity (Wildman–Crippen MR) is 96.6 cm³/mol. The number of rotatable bonds is 7. The minimum atomic E-state index is -3.91. The summed E-state index contributed by atoms with van der Waals surface area (Å²) in [5.41, 5.74) is -0.138. The molecule has 26 heavy (non-hydrogen) atoms. The van der Waals surface area contributed by atoms with Gasteiger partial charge in [0, 0.05) is 17.8 Å². The van der Waals surface area contributed by atoms with Crippen molar-refractivity contribution >= 4 is 21.9 Å². The Bertz CT molecular complexity index is 924. The van der Waals surface area contributed by atoms with Crippen molar-refractivity contribution in [1.29, 1.82) is 0 Å². The Kier molecular flexibility index (Phi) is 5.93. The van der Waals surface area contributed by atoms with E-state index in [2.05, 4.69) is 4.40 Å². The van der Waals surface area contributed by atoms with Crippen LogP contribution in [0.15, 0.2) is 51.8 Å². The van der Waals surface area contributed by atoms with Crippen LogP contribution in [-0.4, -0.2) is 32.8 Å². The van der Waals surface area contributed by atoms with E-state index in [1.165, 1.54) is 31.4 Å². The minimum absolute atomic E-state index is 0.0180. The molecule has 0 radical (unpaired) electrons. The van der Waals surface area contributed by atoms with Crippen LogP contribution in [0.4, 0.5) is 5.69 Å². The van der Waals surface area contributed by atoms with Crippen molar-refractivity contribution < 1.29 is 22.8 Å². The van der Waals surface area contributed by atoms with Crippen molar-refractivity contribution in [3.63, 3.8) is 0 Å². The fraction of sp³-hybridized carbons (Fsp3) is 0.235. The van der Waals surface area contributed by atoms with Crippen molar-refractivity contribution in [3.05, 3.63) is 58.1 Å². The van der Waals surface area contributed by atoms with Gasteiger partial charge in [-0.2, -0.15) is 12.8 Å². The van der Waals surface area contributed by atoms with Gasteiger partial charge in [0.25, 0.3) is 10.0 Å². The highest BCUT2D eigenvalue weighted by atomic mass is 32.2. The van der Waals surface area contributed by atoms with Crippen molar-refractivity contribution in [2.75, 3.05) is 7.11 Å². The second-order valence-corrected chi connectivity index (χ2v) is 7.15. The van der Waals surface area contributed by atoms with Crippen LogP contribution in [0.2, 0.25) is 0 Å². The highest BCUT2D eigenvalue weighted by molar-refractivity contribution is 7.90. The highest BCUT2D eigenvalue weighted by Crippen LogP contribution is 2.38. The second kappa shape index (κ2) is 7.96. The van der Waals surface area contributed by atoms with Gasteiger partial charge in [-0.3, -0.25) is 10.1 Å². The van der Waals surface area contributed by atoms with Gasteiger partial charge in [0.1, 0.15) is 0 Å². The molecule has 0 bridgehead atoms. The summed E-state index contributed by atoms with van der Waals surface area (Å²) in [6.07, 6.45) is 0.734. The number of hydrogen-bond acceptors (Lipinski definition) is 6. The van der Waals surface area contributed by atoms with Crippen LogP contribution >= 0.6 is 0 Å². The summed E-state index contributed by atoms with van der Waals surface area (Å²) in [5, 5.41) is 11.4. The van der Waals surface area contributed by atoms with Gasteiger partial charge in [-0.05, 0) is 32.0 Å². The molecule has 0 atom stereocenters. The number of sulfonamides is 1. The van der Waals surface area contributed by atoms with Crippen LogP contribution in [-0.2, 0) is 10.0 Å². The number of methoxy groups -OCH3 is 1. The quantitative estimate of drug-likeness (QED) is 0.416. The van der Waals surface area contributed by atoms with E-state index in [1.807, 2.05) is 0 Å². The molecule has 0 aliphatic heterocycles. The maximum Gasteiger partial charge on any atom is 0.315 e. The molecule has 0 amide bonds. The number of nitro groups is 1. The lowest BCUT2D eigenvalue weighted by atomic mass is 10.2. The molecule has 0 N–H and O–H groups in total. The molecule has 0 spiro atoms. The van der Waals surface area contributed by atoms with Crippen LogP contribution in [0, 0.1) is 10.1 Å². The average Bonchev–Trinajstić information content (AvgIpc) is 2.60. The lowest BCUT2D eigenvalue weighted by Crippen LogP contribution is -2.09. The SMILES string of the molecule is COc1cc(/C=N\S(=O)(=O)c2ccccc2)cc([N+](=O)[O-])c1OC(C)C. The Labute approximate surface area is 151 Å². The maximum absolute atomic E-state index is 12.2. The molecule has 0 heterocycles. The summed E-state index contributed by atoms with van der Waals surface area (Å²) in [6.45, 7) is 3.45. The summed E-state index contributed by atoms with van der Waals surface area (Å²) in [6, 6.07) is 10.3. The van der Waals surface area contributed by atoms with E-state index in [-0.39, 0.29) is 33.7 Å². The van der Waals surface area contributed by atoms with E-state index in [0.29, 0.717) is 0 Å². The third-order valence-electron chi connectivity index (χ3n) is 3.21. The lowest BCUT2D eigenvalue weighted by Gasteiger charge is -2.14. The van der Waals surface area contributed by atoms with E-state index in [9.17, 15) is 18.5 Å². The number of ether oxygens (including phenoxy) is 2. The van der Waals surface area contributed by atoms with Gasteiger partial charge in [-0.25, -0.2) is 0 Å². The van der Waals surface area contributed by atoms with Gasteiger partial charge in [0.05, 0.1) is 23.0 Å². The van der Waals surface area contributed by atoms with E-state index >= 15 is 0 Å². The molecule has 0 aromatic heterocycles. The van der Waals surface area contributed by atoms with Crippen molar-refractivity contribution in [1.82, 2.24) is 0 Å². The Balaban J connectivity index is 2.47. The van der Waals surface area contributed by atoms with Gasteiger partial charge < -0.3 is 9.47 Å². The third kappa shape index (κ3) is 4.57. The molecule has 8 nitrogen and oxygen atoms in total. The molecule has 138 valence electrons. The van der Waals surface area contributed by atoms with Crippen LogP contribution in [0.3, 0.4) is 0 Å². The largest absolute Gasteiger partial charge is 0.493 e. The zero-order valence-electron chi connectivity index (χ0n) is 14.4. The normalized spacial score (nSPS) is 11.7. The van der Waals surface area contributed by atoms with Crippen molar-refractivity contribution in [2.45, 2.75) is 24.8 Å². The lowest BCUT2D eigenvalue weighted by molar-refractivity contribution is -0.386. The van der Waals surface area contributed by atoms with Crippen LogP contribution < -0.4 is 9.47 Å². The predicted octanol–water partition coefficient (Wildman–Crippen LogP) is 3.20. The van der Waals surface area contributed by atoms with Gasteiger partial charge in [0.2, 0.25) is 5.75 Å². The van der Waals surface area contributed by atoms with Crippen LogP contribution in [0.1, 0.15) is 19.4 Å². The van der Waals surface area contributed by atoms with Gasteiger partial charge in [-0.15, -0.1) is 0 Å². The van der Waals surface area contributed by atoms with E-state index in [0.717, 1.165) is 6.21 Å². The molecule has 2 rings (SSSR count). The molecule has 0 saturated carbocycles. The Hall–Kier alpha value is -2.94. The van der Waals surface area contributed by atoms with Gasteiger partial charge in [0.15, 0.2) is 5.75 Å². The first-order chi connectivity index (χ1) is 12.2. The first-order valence-electron chi connectivity index (χ1n) is 7.63. The number of nitro benzene ring substituents is 1. The number of hydrogen-bond donors (Lipinski definition) is 0. The molecular formula is C17H18N2O6S.